The van der Waals surface area contributed by atoms with Gasteiger partial charge in [0.2, 0.25) is 0 Å². The van der Waals surface area contributed by atoms with Gasteiger partial charge in [-0.2, -0.15) is 0 Å². The predicted octanol–water partition coefficient (Wildman–Crippen LogP) is 2.04. The molecule has 1 aromatic rings. The summed E-state index contributed by atoms with van der Waals surface area (Å²) in [5.41, 5.74) is 1.58. The molecule has 0 aliphatic carbocycles. The van der Waals surface area contributed by atoms with Crippen LogP contribution in [0.1, 0.15) is 31.2 Å². The Morgan fingerprint density at radius 1 is 1.12 bits per heavy atom. The van der Waals surface area contributed by atoms with Crippen LogP contribution < -0.4 is 10.6 Å². The van der Waals surface area contributed by atoms with Crippen LogP contribution in [-0.4, -0.2) is 62.8 Å². The van der Waals surface area contributed by atoms with Crippen LogP contribution in [0.5, 0.6) is 0 Å². The van der Waals surface area contributed by atoms with Crippen LogP contribution in [0, 0.1) is 0 Å². The van der Waals surface area contributed by atoms with Crippen LogP contribution in [-0.2, 0) is 11.2 Å². The van der Waals surface area contributed by atoms with Crippen LogP contribution in [0.3, 0.4) is 0 Å². The Morgan fingerprint density at radius 3 is 2.52 bits per heavy atom. The third kappa shape index (κ3) is 4.95. The van der Waals surface area contributed by atoms with Gasteiger partial charge in [-0.1, -0.05) is 30.3 Å². The normalized spacial score (nSPS) is 21.2. The summed E-state index contributed by atoms with van der Waals surface area (Å²) in [5, 5.41) is 7.04. The van der Waals surface area contributed by atoms with Crippen molar-refractivity contribution in [1.82, 2.24) is 15.5 Å². The van der Waals surface area contributed by atoms with Gasteiger partial charge in [-0.05, 0) is 50.8 Å². The molecule has 0 bridgehead atoms. The molecule has 5 nitrogen and oxygen atoms in total. The molecule has 2 fully saturated rings. The summed E-state index contributed by atoms with van der Waals surface area (Å²) in [7, 11) is 1.85. The molecule has 2 saturated heterocycles. The van der Waals surface area contributed by atoms with E-state index in [1.54, 1.807) is 0 Å². The van der Waals surface area contributed by atoms with E-state index in [-0.39, 0.29) is 5.54 Å². The van der Waals surface area contributed by atoms with Crippen molar-refractivity contribution < 1.29 is 4.74 Å². The average Bonchev–Trinajstić information content (AvgIpc) is 3.21. The van der Waals surface area contributed by atoms with Crippen molar-refractivity contribution >= 4 is 5.96 Å². The van der Waals surface area contributed by atoms with Crippen LogP contribution in [0.2, 0.25) is 0 Å². The second-order valence-corrected chi connectivity index (χ2v) is 7.12. The summed E-state index contributed by atoms with van der Waals surface area (Å²) in [5.74, 6) is 0.904. The number of nitrogens with one attached hydrogen (secondary N) is 2. The minimum Gasteiger partial charge on any atom is -0.381 e. The smallest absolute Gasteiger partial charge is 0.191 e. The van der Waals surface area contributed by atoms with E-state index in [0.717, 1.165) is 51.5 Å². The Morgan fingerprint density at radius 2 is 1.84 bits per heavy atom. The molecule has 0 atom stereocenters. The Balaban J connectivity index is 1.50. The Labute approximate surface area is 151 Å². The van der Waals surface area contributed by atoms with E-state index < -0.39 is 0 Å². The molecule has 5 heteroatoms. The molecule has 0 aromatic heterocycles. The van der Waals surface area contributed by atoms with Gasteiger partial charge in [-0.25, -0.2) is 0 Å². The summed E-state index contributed by atoms with van der Waals surface area (Å²) in [6.07, 6.45) is 5.88. The Bertz CT molecular complexity index is 534. The second kappa shape index (κ2) is 9.20. The molecule has 0 radical (unpaired) electrons. The maximum absolute atomic E-state index is 5.63. The first-order chi connectivity index (χ1) is 12.3. The molecule has 0 saturated carbocycles. The Hall–Kier alpha value is -1.59. The fraction of sp³-hybridized carbons (Fsp3) is 0.650. The fourth-order valence-corrected chi connectivity index (χ4v) is 3.99. The minimum absolute atomic E-state index is 0.228. The quantitative estimate of drug-likeness (QED) is 0.612. The number of likely N-dealkylation sites (tertiary alicyclic amines) is 1. The van der Waals surface area contributed by atoms with Crippen molar-refractivity contribution in [3.8, 4) is 0 Å². The minimum atomic E-state index is 0.228. The number of guanidine groups is 1. The third-order valence-corrected chi connectivity index (χ3v) is 5.56. The lowest BCUT2D eigenvalue weighted by atomic mass is 9.88. The zero-order valence-corrected chi connectivity index (χ0v) is 15.5. The SMILES string of the molecule is CN=C(NCCc1ccccc1)NCC1(N2CCCC2)CCOCC1. The van der Waals surface area contributed by atoms with Gasteiger partial charge in [0.05, 0.1) is 0 Å². The largest absolute Gasteiger partial charge is 0.381 e. The zero-order valence-electron chi connectivity index (χ0n) is 15.5. The van der Waals surface area contributed by atoms with Crippen molar-refractivity contribution in [2.24, 2.45) is 4.99 Å². The highest BCUT2D eigenvalue weighted by atomic mass is 16.5. The molecule has 1 aromatic carbocycles. The third-order valence-electron chi connectivity index (χ3n) is 5.56. The lowest BCUT2D eigenvalue weighted by molar-refractivity contribution is -0.0164. The second-order valence-electron chi connectivity index (χ2n) is 7.12. The van der Waals surface area contributed by atoms with Crippen LogP contribution >= 0.6 is 0 Å². The average molecular weight is 345 g/mol. The molecule has 2 aliphatic heterocycles. The Kier molecular flexibility index (Phi) is 6.70. The summed E-state index contributed by atoms with van der Waals surface area (Å²) in [6.45, 7) is 6.03. The molecule has 3 rings (SSSR count). The molecule has 2 N–H and O–H groups in total. The van der Waals surface area contributed by atoms with Gasteiger partial charge in [0.15, 0.2) is 5.96 Å². The predicted molar refractivity (Wildman–Crippen MR) is 103 cm³/mol. The summed E-state index contributed by atoms with van der Waals surface area (Å²) >= 11 is 0. The molecular formula is C20H32N4O. The van der Waals surface area contributed by atoms with Gasteiger partial charge < -0.3 is 15.4 Å². The van der Waals surface area contributed by atoms with Crippen molar-refractivity contribution in [1.29, 1.82) is 0 Å². The molecule has 25 heavy (non-hydrogen) atoms. The number of ether oxygens (including phenoxy) is 1. The highest BCUT2D eigenvalue weighted by Gasteiger charge is 2.39. The van der Waals surface area contributed by atoms with Crippen LogP contribution in [0.25, 0.3) is 0 Å². The van der Waals surface area contributed by atoms with Crippen molar-refractivity contribution in [3.05, 3.63) is 35.9 Å². The number of benzene rings is 1. The van der Waals surface area contributed by atoms with E-state index in [0.29, 0.717) is 0 Å². The lowest BCUT2D eigenvalue weighted by Crippen LogP contribution is -2.58. The van der Waals surface area contributed by atoms with E-state index >= 15 is 0 Å². The first kappa shape index (κ1) is 18.2. The van der Waals surface area contributed by atoms with E-state index in [1.807, 2.05) is 7.05 Å². The van der Waals surface area contributed by atoms with Crippen LogP contribution in [0.4, 0.5) is 0 Å². The fourth-order valence-electron chi connectivity index (χ4n) is 3.99. The maximum atomic E-state index is 5.63. The first-order valence-electron chi connectivity index (χ1n) is 9.64. The molecule has 0 unspecified atom stereocenters. The van der Waals surface area contributed by atoms with Crippen molar-refractivity contribution in [3.63, 3.8) is 0 Å². The summed E-state index contributed by atoms with van der Waals surface area (Å²) < 4.78 is 5.63. The molecule has 138 valence electrons. The summed E-state index contributed by atoms with van der Waals surface area (Å²) in [6, 6.07) is 10.6. The van der Waals surface area contributed by atoms with Gasteiger partial charge in [0.25, 0.3) is 0 Å². The monoisotopic (exact) mass is 344 g/mol. The van der Waals surface area contributed by atoms with Crippen LogP contribution in [0.15, 0.2) is 35.3 Å². The van der Waals surface area contributed by atoms with Gasteiger partial charge in [-0.15, -0.1) is 0 Å². The van der Waals surface area contributed by atoms with Gasteiger partial charge in [0.1, 0.15) is 0 Å². The van der Waals surface area contributed by atoms with E-state index in [4.69, 9.17) is 4.74 Å². The lowest BCUT2D eigenvalue weighted by Gasteiger charge is -2.45. The highest BCUT2D eigenvalue weighted by Crippen LogP contribution is 2.30. The molecule has 2 heterocycles. The van der Waals surface area contributed by atoms with Gasteiger partial charge in [-0.3, -0.25) is 9.89 Å². The number of hydrogen-bond donors (Lipinski definition) is 2. The van der Waals surface area contributed by atoms with Gasteiger partial charge in [0, 0.05) is 38.9 Å². The number of aliphatic imine (C=N–C) groups is 1. The maximum Gasteiger partial charge on any atom is 0.191 e. The molecule has 2 aliphatic rings. The number of hydrogen-bond acceptors (Lipinski definition) is 3. The van der Waals surface area contributed by atoms with E-state index in [1.165, 1.54) is 31.5 Å². The van der Waals surface area contributed by atoms with Crippen molar-refractivity contribution in [2.75, 3.05) is 46.4 Å². The standard InChI is InChI=1S/C20H32N4O/c1-21-19(22-12-9-18-7-3-2-4-8-18)23-17-20(10-15-25-16-11-20)24-13-5-6-14-24/h2-4,7-8H,5-6,9-17H2,1H3,(H2,21,22,23). The topological polar surface area (TPSA) is 48.9 Å². The molecule has 0 spiro atoms. The zero-order chi connectivity index (χ0) is 17.4. The number of nitrogens with zero attached hydrogens (tertiary/aromatic N) is 2. The van der Waals surface area contributed by atoms with Gasteiger partial charge >= 0.3 is 0 Å². The van der Waals surface area contributed by atoms with Crippen molar-refractivity contribution in [2.45, 2.75) is 37.6 Å². The highest BCUT2D eigenvalue weighted by molar-refractivity contribution is 5.79. The molecular weight excluding hydrogens is 312 g/mol. The number of rotatable bonds is 6. The molecule has 0 amide bonds. The van der Waals surface area contributed by atoms with E-state index in [9.17, 15) is 0 Å². The summed E-state index contributed by atoms with van der Waals surface area (Å²) in [4.78, 5) is 7.09. The first-order valence-corrected chi connectivity index (χ1v) is 9.64. The van der Waals surface area contributed by atoms with E-state index in [2.05, 4.69) is 50.9 Å².